The van der Waals surface area contributed by atoms with Crippen molar-refractivity contribution >= 4 is 21.9 Å². The van der Waals surface area contributed by atoms with Gasteiger partial charge in [-0.25, -0.2) is 4.79 Å². The minimum atomic E-state index is -1.03. The van der Waals surface area contributed by atoms with Crippen LogP contribution in [0.5, 0.6) is 0 Å². The molecule has 0 bridgehead atoms. The van der Waals surface area contributed by atoms with E-state index in [-0.39, 0.29) is 5.97 Å². The van der Waals surface area contributed by atoms with Crippen molar-refractivity contribution in [3.63, 3.8) is 0 Å². The molecule has 0 spiro atoms. The van der Waals surface area contributed by atoms with Gasteiger partial charge in [-0.05, 0) is 27.2 Å². The molecule has 90 valence electrons. The van der Waals surface area contributed by atoms with Gasteiger partial charge in [-0.1, -0.05) is 42.1 Å². The Hall–Kier alpha value is -0.0900. The van der Waals surface area contributed by atoms with E-state index >= 15 is 0 Å². The molecule has 4 heteroatoms. The Labute approximate surface area is 101 Å². The number of carbonyl (C=O) groups excluding carboxylic acids is 1. The Morgan fingerprint density at radius 2 is 1.87 bits per heavy atom. The number of halogens is 1. The Balaban J connectivity index is 4.14. The number of ether oxygens (including phenoxy) is 1. The van der Waals surface area contributed by atoms with Gasteiger partial charge < -0.3 is 10.5 Å². The lowest BCUT2D eigenvalue weighted by Crippen LogP contribution is -2.45. The van der Waals surface area contributed by atoms with Crippen LogP contribution in [0.2, 0.25) is 0 Å². The van der Waals surface area contributed by atoms with Crippen molar-refractivity contribution in [2.45, 2.75) is 63.4 Å². The third kappa shape index (κ3) is 6.90. The summed E-state index contributed by atoms with van der Waals surface area (Å²) in [7, 11) is 0. The summed E-state index contributed by atoms with van der Waals surface area (Å²) in [6.45, 7) is 7.61. The van der Waals surface area contributed by atoms with E-state index in [1.807, 2.05) is 20.8 Å². The average Bonchev–Trinajstić information content (AvgIpc) is 2.01. The number of unbranched alkanes of at least 4 members (excludes halogenated alkanes) is 2. The second-order valence-corrected chi connectivity index (χ2v) is 6.24. The summed E-state index contributed by atoms with van der Waals surface area (Å²) >= 11 is 3.23. The van der Waals surface area contributed by atoms with Gasteiger partial charge in [0, 0.05) is 0 Å². The fourth-order valence-electron chi connectivity index (χ4n) is 1.10. The van der Waals surface area contributed by atoms with Crippen molar-refractivity contribution in [1.82, 2.24) is 0 Å². The first-order valence-electron chi connectivity index (χ1n) is 5.40. The summed E-state index contributed by atoms with van der Waals surface area (Å²) in [5.41, 5.74) is 5.36. The van der Waals surface area contributed by atoms with Crippen LogP contribution in [-0.4, -0.2) is 16.0 Å². The number of hydrogen-bond donors (Lipinski definition) is 1. The fraction of sp³-hybridized carbons (Fsp3) is 0.909. The molecule has 0 aliphatic rings. The number of nitrogens with two attached hydrogens (primary N) is 1. The molecule has 0 fully saturated rings. The van der Waals surface area contributed by atoms with Crippen LogP contribution in [0, 0.1) is 0 Å². The molecule has 0 radical (unpaired) electrons. The SMILES string of the molecule is CCCCCC(N)(Br)C(=O)OC(C)(C)C. The van der Waals surface area contributed by atoms with Crippen LogP contribution >= 0.6 is 15.9 Å². The lowest BCUT2D eigenvalue weighted by molar-refractivity contribution is -0.157. The summed E-state index contributed by atoms with van der Waals surface area (Å²) in [5.74, 6) is -0.383. The molecule has 2 N–H and O–H groups in total. The molecule has 0 aliphatic heterocycles. The van der Waals surface area contributed by atoms with Crippen LogP contribution in [0.3, 0.4) is 0 Å². The maximum atomic E-state index is 11.7. The van der Waals surface area contributed by atoms with E-state index in [9.17, 15) is 4.79 Å². The maximum Gasteiger partial charge on any atom is 0.337 e. The van der Waals surface area contributed by atoms with Crippen molar-refractivity contribution in [3.05, 3.63) is 0 Å². The van der Waals surface area contributed by atoms with Gasteiger partial charge in [0.1, 0.15) is 5.60 Å². The topological polar surface area (TPSA) is 52.3 Å². The minimum absolute atomic E-state index is 0.383. The van der Waals surface area contributed by atoms with E-state index < -0.39 is 10.0 Å². The first kappa shape index (κ1) is 14.9. The van der Waals surface area contributed by atoms with E-state index in [0.717, 1.165) is 19.3 Å². The molecule has 0 saturated carbocycles. The Kier molecular flexibility index (Phi) is 5.81. The van der Waals surface area contributed by atoms with E-state index in [1.54, 1.807) is 0 Å². The summed E-state index contributed by atoms with van der Waals surface area (Å²) < 4.78 is 4.19. The smallest absolute Gasteiger partial charge is 0.337 e. The molecule has 1 atom stereocenters. The van der Waals surface area contributed by atoms with Gasteiger partial charge in [0.25, 0.3) is 0 Å². The van der Waals surface area contributed by atoms with Crippen molar-refractivity contribution in [2.75, 3.05) is 0 Å². The number of esters is 1. The van der Waals surface area contributed by atoms with Crippen molar-refractivity contribution < 1.29 is 9.53 Å². The van der Waals surface area contributed by atoms with E-state index in [4.69, 9.17) is 10.5 Å². The van der Waals surface area contributed by atoms with Gasteiger partial charge in [0.2, 0.25) is 0 Å². The highest BCUT2D eigenvalue weighted by atomic mass is 79.9. The molecule has 0 aromatic carbocycles. The first-order valence-corrected chi connectivity index (χ1v) is 6.19. The lowest BCUT2D eigenvalue weighted by Gasteiger charge is -2.26. The molecular weight excluding hydrogens is 258 g/mol. The summed E-state index contributed by atoms with van der Waals surface area (Å²) in [6.07, 6.45) is 3.72. The van der Waals surface area contributed by atoms with E-state index in [2.05, 4.69) is 22.9 Å². The fourth-order valence-corrected chi connectivity index (χ4v) is 1.46. The largest absolute Gasteiger partial charge is 0.458 e. The van der Waals surface area contributed by atoms with Crippen molar-refractivity contribution in [2.24, 2.45) is 5.73 Å². The molecule has 0 saturated heterocycles. The van der Waals surface area contributed by atoms with Crippen LogP contribution in [0.15, 0.2) is 0 Å². The van der Waals surface area contributed by atoms with Crippen molar-refractivity contribution in [3.8, 4) is 0 Å². The molecule has 0 aromatic heterocycles. The molecule has 0 amide bonds. The van der Waals surface area contributed by atoms with Gasteiger partial charge >= 0.3 is 5.97 Å². The molecular formula is C11H22BrNO2. The van der Waals surface area contributed by atoms with Gasteiger partial charge in [-0.3, -0.25) is 0 Å². The highest BCUT2D eigenvalue weighted by Crippen LogP contribution is 2.23. The summed E-state index contributed by atoms with van der Waals surface area (Å²) in [5, 5.41) is 0. The zero-order valence-corrected chi connectivity index (χ0v) is 11.7. The lowest BCUT2D eigenvalue weighted by atomic mass is 10.1. The van der Waals surface area contributed by atoms with Crippen LogP contribution < -0.4 is 5.73 Å². The van der Waals surface area contributed by atoms with Gasteiger partial charge in [0.15, 0.2) is 4.45 Å². The molecule has 1 unspecified atom stereocenters. The second-order valence-electron chi connectivity index (χ2n) is 4.82. The van der Waals surface area contributed by atoms with Crippen LogP contribution in [0.4, 0.5) is 0 Å². The third-order valence-electron chi connectivity index (χ3n) is 1.88. The summed E-state index contributed by atoms with van der Waals surface area (Å²) in [4.78, 5) is 11.7. The minimum Gasteiger partial charge on any atom is -0.458 e. The molecule has 15 heavy (non-hydrogen) atoms. The maximum absolute atomic E-state index is 11.7. The first-order chi connectivity index (χ1) is 6.69. The van der Waals surface area contributed by atoms with Crippen molar-refractivity contribution in [1.29, 1.82) is 0 Å². The predicted octanol–water partition coefficient (Wildman–Crippen LogP) is 2.96. The van der Waals surface area contributed by atoms with E-state index in [0.29, 0.717) is 6.42 Å². The van der Waals surface area contributed by atoms with Gasteiger partial charge in [0.05, 0.1) is 0 Å². The number of alkyl halides is 1. The molecule has 0 rings (SSSR count). The average molecular weight is 280 g/mol. The Morgan fingerprint density at radius 3 is 2.27 bits per heavy atom. The van der Waals surface area contributed by atoms with Gasteiger partial charge in [-0.2, -0.15) is 0 Å². The zero-order valence-electron chi connectivity index (χ0n) is 10.1. The second kappa shape index (κ2) is 5.85. The van der Waals surface area contributed by atoms with Gasteiger partial charge in [-0.15, -0.1) is 0 Å². The predicted molar refractivity (Wildman–Crippen MR) is 65.8 cm³/mol. The van der Waals surface area contributed by atoms with Crippen LogP contribution in [0.1, 0.15) is 53.4 Å². The van der Waals surface area contributed by atoms with Crippen LogP contribution in [0.25, 0.3) is 0 Å². The number of rotatable bonds is 5. The highest BCUT2D eigenvalue weighted by Gasteiger charge is 2.34. The number of carbonyl (C=O) groups is 1. The summed E-state index contributed by atoms with van der Waals surface area (Å²) in [6, 6.07) is 0. The highest BCUT2D eigenvalue weighted by molar-refractivity contribution is 9.10. The molecule has 0 aliphatic carbocycles. The molecule has 0 heterocycles. The third-order valence-corrected chi connectivity index (χ3v) is 2.60. The van der Waals surface area contributed by atoms with E-state index in [1.165, 1.54) is 0 Å². The Bertz CT molecular complexity index is 209. The number of hydrogen-bond acceptors (Lipinski definition) is 3. The molecule has 3 nitrogen and oxygen atoms in total. The zero-order chi connectivity index (χ0) is 12.1. The quantitative estimate of drug-likeness (QED) is 0.364. The normalized spacial score (nSPS) is 15.9. The van der Waals surface area contributed by atoms with Crippen LogP contribution in [-0.2, 0) is 9.53 Å². The standard InChI is InChI=1S/C11H22BrNO2/c1-5-6-7-8-11(12,13)9(14)15-10(2,3)4/h5-8,13H2,1-4H3. The molecule has 0 aromatic rings. The Morgan fingerprint density at radius 1 is 1.33 bits per heavy atom. The monoisotopic (exact) mass is 279 g/mol.